The zero-order chi connectivity index (χ0) is 18.3. The smallest absolute Gasteiger partial charge is 0.272 e. The summed E-state index contributed by atoms with van der Waals surface area (Å²) in [4.78, 5) is 16.8. The van der Waals surface area contributed by atoms with Crippen LogP contribution in [0.3, 0.4) is 0 Å². The van der Waals surface area contributed by atoms with Crippen LogP contribution < -0.4 is 5.32 Å². The number of aromatic nitrogens is 3. The maximum absolute atomic E-state index is 12.5. The number of pyridine rings is 1. The second-order valence-electron chi connectivity index (χ2n) is 7.30. The van der Waals surface area contributed by atoms with Gasteiger partial charge in [-0.25, -0.2) is 0 Å². The third kappa shape index (κ3) is 2.76. The van der Waals surface area contributed by atoms with Crippen molar-refractivity contribution in [1.82, 2.24) is 20.5 Å². The molecule has 0 aliphatic heterocycles. The molecule has 3 aromatic rings. The lowest BCUT2D eigenvalue weighted by Gasteiger charge is -2.34. The molecule has 27 heavy (non-hydrogen) atoms. The first-order chi connectivity index (χ1) is 13.3. The Morgan fingerprint density at radius 3 is 2.67 bits per heavy atom. The van der Waals surface area contributed by atoms with E-state index in [2.05, 4.69) is 56.9 Å². The van der Waals surface area contributed by atoms with E-state index >= 15 is 0 Å². The van der Waals surface area contributed by atoms with Crippen LogP contribution >= 0.6 is 0 Å². The van der Waals surface area contributed by atoms with E-state index in [1.165, 1.54) is 5.56 Å². The molecule has 0 radical (unpaired) electrons. The molecule has 2 aromatic heterocycles. The van der Waals surface area contributed by atoms with Gasteiger partial charge in [0.05, 0.1) is 0 Å². The Bertz CT molecular complexity index is 964. The predicted molar refractivity (Wildman–Crippen MR) is 103 cm³/mol. The monoisotopic (exact) mass is 356 g/mol. The second-order valence-corrected chi connectivity index (χ2v) is 7.30. The van der Waals surface area contributed by atoms with E-state index in [4.69, 9.17) is 0 Å². The van der Waals surface area contributed by atoms with Crippen LogP contribution in [0.15, 0.2) is 60.9 Å². The third-order valence-electron chi connectivity index (χ3n) is 5.47. The predicted octanol–water partition coefficient (Wildman–Crippen LogP) is 3.25. The molecule has 1 unspecified atom stereocenters. The largest absolute Gasteiger partial charge is 0.348 e. The average molecular weight is 356 g/mol. The number of fused-ring (bicyclic) bond motifs is 1. The zero-order valence-corrected chi connectivity index (χ0v) is 14.9. The molecule has 5 rings (SSSR count). The Labute approximate surface area is 157 Å². The lowest BCUT2D eigenvalue weighted by atomic mass is 9.69. The summed E-state index contributed by atoms with van der Waals surface area (Å²) >= 11 is 0. The van der Waals surface area contributed by atoms with E-state index in [0.717, 1.165) is 29.7 Å². The molecule has 1 aromatic carbocycles. The van der Waals surface area contributed by atoms with Gasteiger partial charge in [-0.3, -0.25) is 14.9 Å². The van der Waals surface area contributed by atoms with E-state index in [0.29, 0.717) is 18.2 Å². The van der Waals surface area contributed by atoms with Gasteiger partial charge in [0.2, 0.25) is 0 Å². The quantitative estimate of drug-likeness (QED) is 0.754. The van der Waals surface area contributed by atoms with Gasteiger partial charge in [0.15, 0.2) is 5.69 Å². The molecule has 2 aliphatic rings. The van der Waals surface area contributed by atoms with Gasteiger partial charge >= 0.3 is 0 Å². The van der Waals surface area contributed by atoms with Crippen molar-refractivity contribution in [3.05, 3.63) is 89.0 Å². The highest BCUT2D eigenvalue weighted by Gasteiger charge is 2.37. The van der Waals surface area contributed by atoms with Crippen molar-refractivity contribution in [1.29, 1.82) is 0 Å². The minimum absolute atomic E-state index is 0.0896. The fourth-order valence-electron chi connectivity index (χ4n) is 3.84. The number of amides is 1. The van der Waals surface area contributed by atoms with Crippen LogP contribution in [0.25, 0.3) is 6.08 Å². The molecule has 0 spiro atoms. The summed E-state index contributed by atoms with van der Waals surface area (Å²) in [6, 6.07) is 14.8. The Morgan fingerprint density at radius 1 is 1.11 bits per heavy atom. The summed E-state index contributed by atoms with van der Waals surface area (Å²) < 4.78 is 0. The van der Waals surface area contributed by atoms with Crippen molar-refractivity contribution < 1.29 is 4.79 Å². The van der Waals surface area contributed by atoms with Gasteiger partial charge in [-0.2, -0.15) is 5.10 Å². The van der Waals surface area contributed by atoms with Crippen LogP contribution in [0.1, 0.15) is 45.7 Å². The van der Waals surface area contributed by atoms with Crippen LogP contribution in [-0.2, 0) is 11.8 Å². The fraction of sp³-hybridized carbons (Fsp3) is 0.227. The first kappa shape index (κ1) is 16.0. The molecule has 2 aliphatic carbocycles. The van der Waals surface area contributed by atoms with Gasteiger partial charge in [-0.15, -0.1) is 0 Å². The molecule has 0 bridgehead atoms. The Kier molecular flexibility index (Phi) is 3.67. The van der Waals surface area contributed by atoms with Crippen LogP contribution in [0.5, 0.6) is 0 Å². The average Bonchev–Trinajstić information content (AvgIpc) is 3.44. The maximum Gasteiger partial charge on any atom is 0.272 e. The van der Waals surface area contributed by atoms with Gasteiger partial charge < -0.3 is 5.32 Å². The molecule has 2 heterocycles. The summed E-state index contributed by atoms with van der Waals surface area (Å²) in [6.07, 6.45) is 10.8. The van der Waals surface area contributed by atoms with Gasteiger partial charge in [0.1, 0.15) is 0 Å². The highest BCUT2D eigenvalue weighted by molar-refractivity contribution is 5.97. The molecule has 134 valence electrons. The molecule has 1 amide bonds. The fourth-order valence-corrected chi connectivity index (χ4v) is 3.84. The molecule has 1 saturated carbocycles. The number of hydrogen-bond acceptors (Lipinski definition) is 3. The van der Waals surface area contributed by atoms with Crippen molar-refractivity contribution in [3.63, 3.8) is 0 Å². The van der Waals surface area contributed by atoms with E-state index in [1.807, 2.05) is 24.4 Å². The highest BCUT2D eigenvalue weighted by Crippen LogP contribution is 2.41. The van der Waals surface area contributed by atoms with Crippen molar-refractivity contribution in [2.75, 3.05) is 0 Å². The van der Waals surface area contributed by atoms with E-state index in [-0.39, 0.29) is 11.3 Å². The number of carbonyl (C=O) groups excluding carboxylic acids is 1. The number of H-pyrrole nitrogens is 1. The Balaban J connectivity index is 1.58. The lowest BCUT2D eigenvalue weighted by Crippen LogP contribution is -2.31. The minimum atomic E-state index is -0.334. The van der Waals surface area contributed by atoms with Crippen LogP contribution in [0.4, 0.5) is 0 Å². The number of hydrogen-bond donors (Lipinski definition) is 2. The maximum atomic E-state index is 12.5. The molecule has 5 heteroatoms. The SMILES string of the molecule is O=C(NC1CC1)c1n[nH]c2c1C=CC(c1ccccc1)(c1cccnc1)C2. The van der Waals surface area contributed by atoms with E-state index in [9.17, 15) is 4.79 Å². The number of aromatic amines is 1. The number of rotatable bonds is 4. The van der Waals surface area contributed by atoms with Gasteiger partial charge in [-0.1, -0.05) is 48.6 Å². The summed E-state index contributed by atoms with van der Waals surface area (Å²) in [6.45, 7) is 0. The van der Waals surface area contributed by atoms with Crippen LogP contribution in [-0.4, -0.2) is 27.1 Å². The van der Waals surface area contributed by atoms with Crippen molar-refractivity contribution >= 4 is 12.0 Å². The first-order valence-corrected chi connectivity index (χ1v) is 9.30. The summed E-state index contributed by atoms with van der Waals surface area (Å²) in [5.74, 6) is -0.0896. The molecule has 0 saturated heterocycles. The number of allylic oxidation sites excluding steroid dienone is 1. The summed E-state index contributed by atoms with van der Waals surface area (Å²) in [5.41, 5.74) is 4.34. The standard InChI is InChI=1S/C22H20N4O/c27-21(24-17-8-9-17)20-18-10-11-22(13-19(18)25-26-20,15-5-2-1-3-6-15)16-7-4-12-23-14-16/h1-7,10-12,14,17H,8-9,13H2,(H,24,27)(H,25,26). The zero-order valence-electron chi connectivity index (χ0n) is 14.9. The highest BCUT2D eigenvalue weighted by atomic mass is 16.2. The van der Waals surface area contributed by atoms with Gasteiger partial charge in [-0.05, 0) is 30.0 Å². The van der Waals surface area contributed by atoms with Gasteiger partial charge in [0.25, 0.3) is 5.91 Å². The molecule has 1 fully saturated rings. The van der Waals surface area contributed by atoms with Crippen molar-refractivity contribution in [3.8, 4) is 0 Å². The van der Waals surface area contributed by atoms with Crippen LogP contribution in [0.2, 0.25) is 0 Å². The summed E-state index contributed by atoms with van der Waals surface area (Å²) in [7, 11) is 0. The first-order valence-electron chi connectivity index (χ1n) is 9.30. The molecular weight excluding hydrogens is 336 g/mol. The normalized spacial score (nSPS) is 20.9. The molecule has 1 atom stereocenters. The number of benzene rings is 1. The van der Waals surface area contributed by atoms with Gasteiger partial charge in [0, 0.05) is 41.5 Å². The third-order valence-corrected chi connectivity index (χ3v) is 5.47. The summed E-state index contributed by atoms with van der Waals surface area (Å²) in [5, 5.41) is 10.5. The Morgan fingerprint density at radius 2 is 1.93 bits per heavy atom. The number of carbonyl (C=O) groups is 1. The molecular formula is C22H20N4O. The van der Waals surface area contributed by atoms with Crippen molar-refractivity contribution in [2.24, 2.45) is 0 Å². The lowest BCUT2D eigenvalue weighted by molar-refractivity contribution is 0.0946. The second kappa shape index (κ2) is 6.20. The molecule has 5 nitrogen and oxygen atoms in total. The number of nitrogens with one attached hydrogen (secondary N) is 2. The van der Waals surface area contributed by atoms with Crippen molar-refractivity contribution in [2.45, 2.75) is 30.7 Å². The van der Waals surface area contributed by atoms with E-state index in [1.54, 1.807) is 6.20 Å². The van der Waals surface area contributed by atoms with Crippen LogP contribution in [0, 0.1) is 0 Å². The molecule has 2 N–H and O–H groups in total. The number of nitrogens with zero attached hydrogens (tertiary/aromatic N) is 2. The van der Waals surface area contributed by atoms with E-state index < -0.39 is 0 Å². The minimum Gasteiger partial charge on any atom is -0.348 e. The topological polar surface area (TPSA) is 70.7 Å². The Hall–Kier alpha value is -3.21.